The Morgan fingerprint density at radius 3 is 2.39 bits per heavy atom. The molecular formula is C53H66BrN7O7S. The summed E-state index contributed by atoms with van der Waals surface area (Å²) in [6, 6.07) is 19.2. The Bertz CT molecular complexity index is 2570. The summed E-state index contributed by atoms with van der Waals surface area (Å²) in [5.41, 5.74) is 6.60. The fraction of sp³-hybridized carbons (Fsp3) is 0.509. The van der Waals surface area contributed by atoms with Gasteiger partial charge < -0.3 is 40.3 Å². The van der Waals surface area contributed by atoms with Crippen molar-refractivity contribution in [1.29, 1.82) is 5.26 Å². The van der Waals surface area contributed by atoms with Crippen LogP contribution < -0.4 is 20.7 Å². The molecule has 2 aliphatic heterocycles. The fourth-order valence-corrected chi connectivity index (χ4v) is 12.1. The maximum Gasteiger partial charge on any atom is 0.254 e. The number of aliphatic hydroxyl groups is 1. The van der Waals surface area contributed by atoms with Crippen LogP contribution >= 0.6 is 27.3 Å². The van der Waals surface area contributed by atoms with Crippen molar-refractivity contribution < 1.29 is 33.8 Å². The number of aromatic nitrogens is 1. The number of hydrogen-bond acceptors (Lipinski definition) is 11. The van der Waals surface area contributed by atoms with Gasteiger partial charge in [-0.05, 0) is 108 Å². The molecule has 4 atom stereocenters. The van der Waals surface area contributed by atoms with Crippen LogP contribution in [0.15, 0.2) is 70.6 Å². The van der Waals surface area contributed by atoms with E-state index in [9.17, 15) is 29.5 Å². The van der Waals surface area contributed by atoms with Crippen molar-refractivity contribution >= 4 is 56.6 Å². The molecule has 3 aromatic carbocycles. The lowest BCUT2D eigenvalue weighted by Gasteiger charge is -2.65. The standard InChI is InChI=1S/C53H66BrN7O7S/c1-31(33-13-15-34(16-14-33)44-32(2)57-30-69-44)58-46(64)42-24-38(62)28-60(42)48(66)45(51(3,4)5)59-43(63)29-67-22-12-10-11-21-56-37-18-20-40-36(23-37)27-61(47(40)65)49-52(6,7)50(53(49,8)9)68-39-19-17-35(26-55)41(54)25-39/h13-20,23,25,30-31,38,42,45,49-50,56,62H,10-12,21-22,24,27-29H2,1-9H3,(H,58,64)(H,59,63)/t31-,38+,42-,45+,49?,50?/m0/s1. The molecule has 1 aliphatic carbocycles. The number of rotatable bonds is 18. The number of anilines is 1. The van der Waals surface area contributed by atoms with Gasteiger partial charge in [0.15, 0.2) is 0 Å². The second kappa shape index (κ2) is 20.9. The Balaban J connectivity index is 0.826. The molecule has 1 saturated carbocycles. The molecule has 4 aromatic rings. The second-order valence-electron chi connectivity index (χ2n) is 21.0. The van der Waals surface area contributed by atoms with Crippen LogP contribution in [0.5, 0.6) is 5.75 Å². The second-order valence-corrected chi connectivity index (χ2v) is 22.7. The van der Waals surface area contributed by atoms with Gasteiger partial charge in [0, 0.05) is 65.3 Å². The number of halogens is 1. The van der Waals surface area contributed by atoms with Crippen LogP contribution in [0.3, 0.4) is 0 Å². The third-order valence-corrected chi connectivity index (χ3v) is 15.5. The number of carbonyl (C=O) groups is 4. The molecule has 4 N–H and O–H groups in total. The summed E-state index contributed by atoms with van der Waals surface area (Å²) >= 11 is 5.04. The molecule has 69 heavy (non-hydrogen) atoms. The van der Waals surface area contributed by atoms with E-state index in [2.05, 4.69) is 76.7 Å². The van der Waals surface area contributed by atoms with Gasteiger partial charge in [0.25, 0.3) is 5.91 Å². The average Bonchev–Trinajstić information content (AvgIpc) is 4.00. The molecule has 1 saturated heterocycles. The minimum atomic E-state index is -0.950. The van der Waals surface area contributed by atoms with E-state index in [1.54, 1.807) is 17.4 Å². The van der Waals surface area contributed by atoms with Crippen molar-refractivity contribution in [2.75, 3.05) is 31.6 Å². The van der Waals surface area contributed by atoms with Crippen molar-refractivity contribution in [3.05, 3.63) is 98.6 Å². The third-order valence-electron chi connectivity index (χ3n) is 13.9. The van der Waals surface area contributed by atoms with Crippen LogP contribution in [0.25, 0.3) is 10.4 Å². The summed E-state index contributed by atoms with van der Waals surface area (Å²) in [5.74, 6) is -0.511. The monoisotopic (exact) mass is 1020 g/mol. The molecule has 0 radical (unpaired) electrons. The summed E-state index contributed by atoms with van der Waals surface area (Å²) in [5, 5.41) is 29.4. The smallest absolute Gasteiger partial charge is 0.254 e. The topological polar surface area (TPSA) is 186 Å². The van der Waals surface area contributed by atoms with Crippen LogP contribution in [-0.2, 0) is 25.7 Å². The lowest BCUT2D eigenvalue weighted by Crippen LogP contribution is -2.74. The quantitative estimate of drug-likeness (QED) is 0.0704. The minimum absolute atomic E-state index is 0.0108. The number of fused-ring (bicyclic) bond motifs is 1. The highest BCUT2D eigenvalue weighted by Crippen LogP contribution is 2.59. The molecule has 7 rings (SSSR count). The van der Waals surface area contributed by atoms with E-state index in [0.29, 0.717) is 28.9 Å². The number of unbranched alkanes of at least 4 members (excludes halogenated alkanes) is 2. The normalized spacial score (nSPS) is 21.2. The predicted molar refractivity (Wildman–Crippen MR) is 270 cm³/mol. The Hall–Kier alpha value is -5.34. The molecule has 4 amide bonds. The lowest BCUT2D eigenvalue weighted by atomic mass is 9.49. The van der Waals surface area contributed by atoms with Gasteiger partial charge in [0.05, 0.1) is 33.8 Å². The third kappa shape index (κ3) is 11.2. The van der Waals surface area contributed by atoms with Gasteiger partial charge in [0.2, 0.25) is 17.7 Å². The molecule has 3 heterocycles. The van der Waals surface area contributed by atoms with E-state index in [1.165, 1.54) is 4.90 Å². The molecule has 0 unspecified atom stereocenters. The summed E-state index contributed by atoms with van der Waals surface area (Å²) < 4.78 is 12.9. The Kier molecular flexibility index (Phi) is 15.6. The number of amides is 4. The van der Waals surface area contributed by atoms with E-state index in [4.69, 9.17) is 9.47 Å². The van der Waals surface area contributed by atoms with Gasteiger partial charge in [-0.1, -0.05) is 72.7 Å². The molecule has 0 bridgehead atoms. The number of thiazole rings is 1. The van der Waals surface area contributed by atoms with E-state index in [1.807, 2.05) is 93.6 Å². The number of nitriles is 1. The number of nitrogens with one attached hydrogen (secondary N) is 3. The van der Waals surface area contributed by atoms with Gasteiger partial charge in [-0.25, -0.2) is 4.98 Å². The number of carbonyl (C=O) groups excluding carboxylic acids is 4. The first kappa shape index (κ1) is 51.5. The summed E-state index contributed by atoms with van der Waals surface area (Å²) in [7, 11) is 0. The van der Waals surface area contributed by atoms with Crippen molar-refractivity contribution in [3.63, 3.8) is 0 Å². The van der Waals surface area contributed by atoms with Crippen molar-refractivity contribution in [3.8, 4) is 22.3 Å². The SMILES string of the molecule is Cc1ncsc1-c1ccc([C@H](C)NC(=O)[C@@H]2C[C@@H](O)CN2C(=O)[C@@H](NC(=O)COCCCCCNc2ccc3c(c2)CN(C2C(C)(C)C(Oc4ccc(C#N)c(Br)c4)C2(C)C)C3=O)C(C)(C)C)cc1. The zero-order valence-electron chi connectivity index (χ0n) is 41.2. The van der Waals surface area contributed by atoms with Crippen LogP contribution in [-0.4, -0.2) is 100 Å². The zero-order valence-corrected chi connectivity index (χ0v) is 43.6. The lowest BCUT2D eigenvalue weighted by molar-refractivity contribution is -0.199. The highest BCUT2D eigenvalue weighted by molar-refractivity contribution is 9.10. The number of aryl methyl sites for hydroxylation is 1. The molecule has 3 aliphatic rings. The first-order valence-electron chi connectivity index (χ1n) is 23.8. The highest BCUT2D eigenvalue weighted by Gasteiger charge is 2.67. The first-order chi connectivity index (χ1) is 32.6. The molecule has 0 spiro atoms. The molecule has 368 valence electrons. The summed E-state index contributed by atoms with van der Waals surface area (Å²) in [6.07, 6.45) is 1.54. The van der Waals surface area contributed by atoms with E-state index in [-0.39, 0.29) is 60.4 Å². The zero-order chi connectivity index (χ0) is 50.0. The predicted octanol–water partition coefficient (Wildman–Crippen LogP) is 8.56. The van der Waals surface area contributed by atoms with Crippen LogP contribution in [0, 0.1) is 34.5 Å². The highest BCUT2D eigenvalue weighted by atomic mass is 79.9. The minimum Gasteiger partial charge on any atom is -0.489 e. The van der Waals surface area contributed by atoms with E-state index < -0.39 is 35.4 Å². The van der Waals surface area contributed by atoms with Crippen molar-refractivity contribution in [2.45, 2.75) is 131 Å². The van der Waals surface area contributed by atoms with Gasteiger partial charge in [-0.2, -0.15) is 5.26 Å². The number of aliphatic hydroxyl groups excluding tert-OH is 1. The van der Waals surface area contributed by atoms with Crippen LogP contribution in [0.2, 0.25) is 0 Å². The van der Waals surface area contributed by atoms with Crippen molar-refractivity contribution in [1.82, 2.24) is 25.4 Å². The van der Waals surface area contributed by atoms with E-state index >= 15 is 0 Å². The largest absolute Gasteiger partial charge is 0.489 e. The van der Waals surface area contributed by atoms with Gasteiger partial charge >= 0.3 is 0 Å². The van der Waals surface area contributed by atoms with Gasteiger partial charge in [0.1, 0.15) is 36.6 Å². The Labute approximate surface area is 418 Å². The first-order valence-corrected chi connectivity index (χ1v) is 25.5. The average molecular weight is 1030 g/mol. The van der Waals surface area contributed by atoms with E-state index in [0.717, 1.165) is 64.3 Å². The fourth-order valence-electron chi connectivity index (χ4n) is 10.8. The number of β-amino-alcohol motifs (C(OH)–C–C–N with tert-alkyl or cyclic N) is 1. The Morgan fingerprint density at radius 1 is 1.01 bits per heavy atom. The number of likely N-dealkylation sites (tertiary alicyclic amines) is 1. The van der Waals surface area contributed by atoms with Gasteiger partial charge in [-0.3, -0.25) is 19.2 Å². The maximum atomic E-state index is 14.1. The van der Waals surface area contributed by atoms with Crippen LogP contribution in [0.1, 0.15) is 120 Å². The Morgan fingerprint density at radius 2 is 1.74 bits per heavy atom. The van der Waals surface area contributed by atoms with Crippen molar-refractivity contribution in [2.24, 2.45) is 16.2 Å². The number of benzene rings is 3. The van der Waals surface area contributed by atoms with Crippen LogP contribution in [0.4, 0.5) is 5.69 Å². The number of ether oxygens (including phenoxy) is 2. The number of hydrogen-bond donors (Lipinski definition) is 4. The summed E-state index contributed by atoms with van der Waals surface area (Å²) in [6.45, 7) is 19.4. The molecule has 14 nitrogen and oxygen atoms in total. The molecule has 2 fully saturated rings. The number of nitrogens with zero attached hydrogens (tertiary/aromatic N) is 4. The summed E-state index contributed by atoms with van der Waals surface area (Å²) in [4.78, 5) is 63.6. The molecule has 16 heteroatoms. The molecule has 1 aromatic heterocycles. The maximum absolute atomic E-state index is 14.1. The molecular weight excluding hydrogens is 959 g/mol. The van der Waals surface area contributed by atoms with Gasteiger partial charge in [-0.15, -0.1) is 11.3 Å².